The SMILES string of the molecule is CCC(C)C(=O)N1CCCC(C(=O)N2CC3CCCC3C2C(=O)O)C1. The van der Waals surface area contributed by atoms with Crippen molar-refractivity contribution in [2.45, 2.75) is 58.4 Å². The Morgan fingerprint density at radius 2 is 1.88 bits per heavy atom. The third-order valence-electron chi connectivity index (χ3n) is 6.54. The number of nitrogens with zero attached hydrogens (tertiary/aromatic N) is 2. The van der Waals surface area contributed by atoms with Crippen molar-refractivity contribution in [2.24, 2.45) is 23.7 Å². The predicted molar refractivity (Wildman–Crippen MR) is 92.7 cm³/mol. The predicted octanol–water partition coefficient (Wildman–Crippen LogP) is 1.98. The molecule has 0 radical (unpaired) electrons. The van der Waals surface area contributed by atoms with Gasteiger partial charge in [0.2, 0.25) is 11.8 Å². The number of fused-ring (bicyclic) bond motifs is 1. The normalized spacial score (nSPS) is 33.2. The minimum atomic E-state index is -0.869. The Morgan fingerprint density at radius 3 is 2.56 bits per heavy atom. The Balaban J connectivity index is 1.69. The van der Waals surface area contributed by atoms with Crippen LogP contribution in [0.3, 0.4) is 0 Å². The fourth-order valence-corrected chi connectivity index (χ4v) is 4.95. The second-order valence-corrected chi connectivity index (χ2v) is 8.06. The molecule has 6 heteroatoms. The van der Waals surface area contributed by atoms with Crippen LogP contribution in [0.15, 0.2) is 0 Å². The van der Waals surface area contributed by atoms with Crippen LogP contribution in [0.4, 0.5) is 0 Å². The number of hydrogen-bond donors (Lipinski definition) is 1. The van der Waals surface area contributed by atoms with E-state index in [1.165, 1.54) is 0 Å². The van der Waals surface area contributed by atoms with E-state index in [1.54, 1.807) is 4.90 Å². The lowest BCUT2D eigenvalue weighted by Gasteiger charge is -2.36. The van der Waals surface area contributed by atoms with Gasteiger partial charge < -0.3 is 14.9 Å². The van der Waals surface area contributed by atoms with Gasteiger partial charge in [0.05, 0.1) is 5.92 Å². The molecule has 5 atom stereocenters. The van der Waals surface area contributed by atoms with Gasteiger partial charge in [0.15, 0.2) is 0 Å². The maximum absolute atomic E-state index is 13.1. The summed E-state index contributed by atoms with van der Waals surface area (Å²) in [6, 6.07) is -0.666. The topological polar surface area (TPSA) is 77.9 Å². The number of carbonyl (C=O) groups excluding carboxylic acids is 2. The van der Waals surface area contributed by atoms with Gasteiger partial charge in [-0.1, -0.05) is 20.3 Å². The van der Waals surface area contributed by atoms with Gasteiger partial charge in [0, 0.05) is 25.6 Å². The number of rotatable bonds is 4. The minimum absolute atomic E-state index is 0.0215. The van der Waals surface area contributed by atoms with E-state index in [-0.39, 0.29) is 29.6 Å². The van der Waals surface area contributed by atoms with Gasteiger partial charge >= 0.3 is 5.97 Å². The van der Waals surface area contributed by atoms with E-state index in [2.05, 4.69) is 0 Å². The molecule has 0 aromatic heterocycles. The fourth-order valence-electron chi connectivity index (χ4n) is 4.95. The Hall–Kier alpha value is -1.59. The van der Waals surface area contributed by atoms with Crippen molar-refractivity contribution >= 4 is 17.8 Å². The molecule has 3 fully saturated rings. The highest BCUT2D eigenvalue weighted by molar-refractivity contribution is 5.87. The number of carboxylic acids is 1. The molecule has 1 aliphatic carbocycles. The molecule has 1 N–H and O–H groups in total. The van der Waals surface area contributed by atoms with Crippen molar-refractivity contribution in [3.05, 3.63) is 0 Å². The van der Waals surface area contributed by atoms with Crippen LogP contribution in [0.2, 0.25) is 0 Å². The third-order valence-corrected chi connectivity index (χ3v) is 6.54. The Bertz CT molecular complexity index is 550. The van der Waals surface area contributed by atoms with Crippen molar-refractivity contribution in [1.82, 2.24) is 9.80 Å². The average Bonchev–Trinajstić information content (AvgIpc) is 3.20. The average molecular weight is 350 g/mol. The first-order valence-electron chi connectivity index (χ1n) is 9.76. The van der Waals surface area contributed by atoms with E-state index in [0.29, 0.717) is 25.6 Å². The van der Waals surface area contributed by atoms with Crippen LogP contribution < -0.4 is 0 Å². The molecule has 25 heavy (non-hydrogen) atoms. The number of amides is 2. The molecular weight excluding hydrogens is 320 g/mol. The van der Waals surface area contributed by atoms with Crippen LogP contribution in [-0.2, 0) is 14.4 Å². The molecule has 140 valence electrons. The summed E-state index contributed by atoms with van der Waals surface area (Å²) in [6.45, 7) is 5.66. The van der Waals surface area contributed by atoms with Gasteiger partial charge in [0.1, 0.15) is 6.04 Å². The van der Waals surface area contributed by atoms with Gasteiger partial charge in [-0.25, -0.2) is 4.79 Å². The van der Waals surface area contributed by atoms with Crippen molar-refractivity contribution in [2.75, 3.05) is 19.6 Å². The van der Waals surface area contributed by atoms with E-state index >= 15 is 0 Å². The Labute approximate surface area is 149 Å². The number of hydrogen-bond acceptors (Lipinski definition) is 3. The molecule has 0 spiro atoms. The third kappa shape index (κ3) is 3.40. The molecule has 5 unspecified atom stereocenters. The van der Waals surface area contributed by atoms with E-state index in [4.69, 9.17) is 0 Å². The number of likely N-dealkylation sites (tertiary alicyclic amines) is 2. The molecule has 0 bridgehead atoms. The molecule has 2 amide bonds. The van der Waals surface area contributed by atoms with Crippen molar-refractivity contribution < 1.29 is 19.5 Å². The minimum Gasteiger partial charge on any atom is -0.480 e. The quantitative estimate of drug-likeness (QED) is 0.841. The summed E-state index contributed by atoms with van der Waals surface area (Å²) in [4.78, 5) is 40.8. The van der Waals surface area contributed by atoms with Crippen molar-refractivity contribution in [3.8, 4) is 0 Å². The highest BCUT2D eigenvalue weighted by Crippen LogP contribution is 2.43. The highest BCUT2D eigenvalue weighted by atomic mass is 16.4. The Morgan fingerprint density at radius 1 is 1.12 bits per heavy atom. The van der Waals surface area contributed by atoms with Gasteiger partial charge in [-0.2, -0.15) is 0 Å². The van der Waals surface area contributed by atoms with E-state index in [9.17, 15) is 19.5 Å². The van der Waals surface area contributed by atoms with Crippen LogP contribution in [0.5, 0.6) is 0 Å². The first kappa shape index (κ1) is 18.2. The molecule has 2 heterocycles. The van der Waals surface area contributed by atoms with Gasteiger partial charge in [-0.15, -0.1) is 0 Å². The lowest BCUT2D eigenvalue weighted by molar-refractivity contribution is -0.153. The first-order chi connectivity index (χ1) is 11.9. The zero-order chi connectivity index (χ0) is 18.1. The summed E-state index contributed by atoms with van der Waals surface area (Å²) in [5, 5.41) is 9.66. The molecule has 0 aromatic carbocycles. The number of aliphatic carboxylic acids is 1. The van der Waals surface area contributed by atoms with E-state index in [1.807, 2.05) is 18.7 Å². The smallest absolute Gasteiger partial charge is 0.326 e. The lowest BCUT2D eigenvalue weighted by Crippen LogP contribution is -2.51. The maximum Gasteiger partial charge on any atom is 0.326 e. The van der Waals surface area contributed by atoms with Crippen LogP contribution in [0.25, 0.3) is 0 Å². The van der Waals surface area contributed by atoms with Crippen LogP contribution in [-0.4, -0.2) is 58.4 Å². The second-order valence-electron chi connectivity index (χ2n) is 8.06. The highest BCUT2D eigenvalue weighted by Gasteiger charge is 2.50. The van der Waals surface area contributed by atoms with E-state index in [0.717, 1.165) is 38.5 Å². The molecule has 3 rings (SSSR count). The number of piperidine rings is 1. The fraction of sp³-hybridized carbons (Fsp3) is 0.842. The number of carboxylic acid groups (broad SMARTS) is 1. The molecule has 1 saturated carbocycles. The molecule has 2 saturated heterocycles. The maximum atomic E-state index is 13.1. The van der Waals surface area contributed by atoms with Crippen LogP contribution >= 0.6 is 0 Å². The standard InChI is InChI=1S/C19H30N2O4/c1-3-12(2)17(22)20-9-5-7-14(10-20)18(23)21-11-13-6-4-8-15(13)16(21)19(24)25/h12-16H,3-11H2,1-2H3,(H,24,25). The first-order valence-corrected chi connectivity index (χ1v) is 9.76. The summed E-state index contributed by atoms with van der Waals surface area (Å²) in [5.41, 5.74) is 0. The summed E-state index contributed by atoms with van der Waals surface area (Å²) in [7, 11) is 0. The lowest BCUT2D eigenvalue weighted by atomic mass is 9.93. The molecule has 2 aliphatic heterocycles. The zero-order valence-corrected chi connectivity index (χ0v) is 15.3. The second kappa shape index (κ2) is 7.34. The van der Waals surface area contributed by atoms with Gasteiger partial charge in [-0.3, -0.25) is 9.59 Å². The van der Waals surface area contributed by atoms with Crippen molar-refractivity contribution in [1.29, 1.82) is 0 Å². The van der Waals surface area contributed by atoms with E-state index < -0.39 is 12.0 Å². The largest absolute Gasteiger partial charge is 0.480 e. The molecule has 3 aliphatic rings. The van der Waals surface area contributed by atoms with Gasteiger partial charge in [0.25, 0.3) is 0 Å². The summed E-state index contributed by atoms with van der Waals surface area (Å²) in [5.74, 6) is -0.619. The Kier molecular flexibility index (Phi) is 5.35. The van der Waals surface area contributed by atoms with Crippen LogP contribution in [0, 0.1) is 23.7 Å². The molecule has 6 nitrogen and oxygen atoms in total. The zero-order valence-electron chi connectivity index (χ0n) is 15.3. The molecular formula is C19H30N2O4. The van der Waals surface area contributed by atoms with Gasteiger partial charge in [-0.05, 0) is 43.9 Å². The summed E-state index contributed by atoms with van der Waals surface area (Å²) >= 11 is 0. The summed E-state index contributed by atoms with van der Waals surface area (Å²) in [6.07, 6.45) is 5.38. The summed E-state index contributed by atoms with van der Waals surface area (Å²) < 4.78 is 0. The van der Waals surface area contributed by atoms with Crippen molar-refractivity contribution in [3.63, 3.8) is 0 Å². The number of carbonyl (C=O) groups is 3. The molecule has 0 aromatic rings. The monoisotopic (exact) mass is 350 g/mol. The van der Waals surface area contributed by atoms with Crippen LogP contribution in [0.1, 0.15) is 52.4 Å².